The summed E-state index contributed by atoms with van der Waals surface area (Å²) in [6.07, 6.45) is 0. The van der Waals surface area contributed by atoms with Crippen LogP contribution in [0.3, 0.4) is 0 Å². The van der Waals surface area contributed by atoms with Crippen LogP contribution < -0.4 is 5.32 Å². The predicted octanol–water partition coefficient (Wildman–Crippen LogP) is -0.421. The highest BCUT2D eigenvalue weighted by Crippen LogP contribution is 2.24. The van der Waals surface area contributed by atoms with E-state index in [1.54, 1.807) is 11.8 Å². The lowest BCUT2D eigenvalue weighted by Gasteiger charge is -2.35. The van der Waals surface area contributed by atoms with Crippen molar-refractivity contribution in [1.29, 1.82) is 0 Å². The number of rotatable bonds is 1. The van der Waals surface area contributed by atoms with E-state index in [9.17, 15) is 14.4 Å². The fourth-order valence-corrected chi connectivity index (χ4v) is 2.67. The number of carboxylic acid groups (broad SMARTS) is 1. The van der Waals surface area contributed by atoms with Crippen LogP contribution in [-0.2, 0) is 9.59 Å². The van der Waals surface area contributed by atoms with Crippen LogP contribution >= 0.6 is 0 Å². The van der Waals surface area contributed by atoms with Gasteiger partial charge in [0.1, 0.15) is 6.04 Å². The summed E-state index contributed by atoms with van der Waals surface area (Å²) in [5, 5.41) is 11.8. The van der Waals surface area contributed by atoms with Crippen molar-refractivity contribution in [1.82, 2.24) is 15.1 Å². The zero-order valence-corrected chi connectivity index (χ0v) is 11.1. The van der Waals surface area contributed by atoms with Crippen molar-refractivity contribution in [3.63, 3.8) is 0 Å². The van der Waals surface area contributed by atoms with Crippen molar-refractivity contribution < 1.29 is 19.5 Å². The molecule has 2 N–H and O–H groups in total. The number of urea groups is 1. The van der Waals surface area contributed by atoms with Gasteiger partial charge in [-0.25, -0.2) is 4.79 Å². The van der Waals surface area contributed by atoms with Crippen molar-refractivity contribution in [2.45, 2.75) is 19.9 Å². The van der Waals surface area contributed by atoms with E-state index in [4.69, 9.17) is 5.11 Å². The number of carbonyl (C=O) groups is 3. The average molecular weight is 269 g/mol. The van der Waals surface area contributed by atoms with Crippen LogP contribution in [0.2, 0.25) is 0 Å². The Hall–Kier alpha value is -1.79. The Labute approximate surface area is 111 Å². The molecule has 3 unspecified atom stereocenters. The van der Waals surface area contributed by atoms with E-state index in [1.165, 1.54) is 4.90 Å². The highest BCUT2D eigenvalue weighted by Gasteiger charge is 2.40. The van der Waals surface area contributed by atoms with E-state index < -0.39 is 17.9 Å². The van der Waals surface area contributed by atoms with Gasteiger partial charge in [-0.3, -0.25) is 9.59 Å². The van der Waals surface area contributed by atoms with E-state index in [-0.39, 0.29) is 24.4 Å². The van der Waals surface area contributed by atoms with E-state index in [1.807, 2.05) is 6.92 Å². The Balaban J connectivity index is 2.04. The Kier molecular flexibility index (Phi) is 3.64. The third kappa shape index (κ3) is 2.50. The first-order chi connectivity index (χ1) is 8.91. The maximum atomic E-state index is 12.3. The van der Waals surface area contributed by atoms with Gasteiger partial charge < -0.3 is 20.2 Å². The minimum atomic E-state index is -0.868. The molecule has 0 aromatic carbocycles. The van der Waals surface area contributed by atoms with Gasteiger partial charge in [0.2, 0.25) is 5.91 Å². The van der Waals surface area contributed by atoms with Crippen LogP contribution in [0.4, 0.5) is 4.79 Å². The summed E-state index contributed by atoms with van der Waals surface area (Å²) in [5.41, 5.74) is 0. The molecule has 106 valence electrons. The van der Waals surface area contributed by atoms with Gasteiger partial charge in [-0.05, 0) is 12.8 Å². The number of nitrogens with zero attached hydrogens (tertiary/aromatic N) is 2. The summed E-state index contributed by atoms with van der Waals surface area (Å²) < 4.78 is 0. The maximum absolute atomic E-state index is 12.3. The summed E-state index contributed by atoms with van der Waals surface area (Å²) >= 11 is 0. The largest absolute Gasteiger partial charge is 0.481 e. The number of hydrogen-bond acceptors (Lipinski definition) is 3. The number of likely N-dealkylation sites (tertiary alicyclic amines) is 1. The van der Waals surface area contributed by atoms with E-state index in [0.717, 1.165) is 0 Å². The number of carbonyl (C=O) groups excluding carboxylic acids is 2. The topological polar surface area (TPSA) is 90.0 Å². The number of amides is 3. The van der Waals surface area contributed by atoms with Crippen molar-refractivity contribution in [3.05, 3.63) is 0 Å². The van der Waals surface area contributed by atoms with Crippen LogP contribution in [0.1, 0.15) is 13.8 Å². The molecule has 2 saturated heterocycles. The molecule has 3 amide bonds. The number of hydrogen-bond donors (Lipinski definition) is 2. The second kappa shape index (κ2) is 5.07. The molecule has 0 aliphatic carbocycles. The number of nitrogens with one attached hydrogen (secondary N) is 1. The minimum Gasteiger partial charge on any atom is -0.481 e. The minimum absolute atomic E-state index is 0.0598. The molecule has 0 spiro atoms. The molecule has 2 aliphatic rings. The van der Waals surface area contributed by atoms with Crippen LogP contribution in [-0.4, -0.2) is 65.0 Å². The Morgan fingerprint density at radius 1 is 1.32 bits per heavy atom. The molecular weight excluding hydrogens is 250 g/mol. The molecule has 0 aromatic heterocycles. The normalized spacial score (nSPS) is 31.3. The molecule has 2 fully saturated rings. The first kappa shape index (κ1) is 13.6. The van der Waals surface area contributed by atoms with E-state index >= 15 is 0 Å². The number of piperazine rings is 1. The van der Waals surface area contributed by atoms with Gasteiger partial charge in [-0.1, -0.05) is 6.92 Å². The summed E-state index contributed by atoms with van der Waals surface area (Å²) in [5.74, 6) is -1.61. The zero-order chi connectivity index (χ0) is 14.2. The van der Waals surface area contributed by atoms with Gasteiger partial charge in [0.25, 0.3) is 0 Å². The fraction of sp³-hybridized carbons (Fsp3) is 0.750. The molecule has 2 aliphatic heterocycles. The van der Waals surface area contributed by atoms with Gasteiger partial charge in [-0.2, -0.15) is 0 Å². The van der Waals surface area contributed by atoms with Crippen LogP contribution in [0.25, 0.3) is 0 Å². The third-order valence-corrected chi connectivity index (χ3v) is 3.94. The summed E-state index contributed by atoms with van der Waals surface area (Å²) in [7, 11) is 0. The molecule has 0 radical (unpaired) electrons. The third-order valence-electron chi connectivity index (χ3n) is 3.94. The predicted molar refractivity (Wildman–Crippen MR) is 66.4 cm³/mol. The molecule has 7 nitrogen and oxygen atoms in total. The van der Waals surface area contributed by atoms with Crippen molar-refractivity contribution in [3.8, 4) is 0 Å². The number of carboxylic acids is 1. The van der Waals surface area contributed by atoms with Crippen LogP contribution in [0.15, 0.2) is 0 Å². The lowest BCUT2D eigenvalue weighted by molar-refractivity contribution is -0.142. The Bertz CT molecular complexity index is 412. The monoisotopic (exact) mass is 269 g/mol. The quantitative estimate of drug-likeness (QED) is 0.676. The molecule has 7 heteroatoms. The first-order valence-electron chi connectivity index (χ1n) is 6.48. The number of aliphatic carboxylic acids is 1. The molecular formula is C12H19N3O4. The Morgan fingerprint density at radius 2 is 2.00 bits per heavy atom. The molecule has 2 heterocycles. The highest BCUT2D eigenvalue weighted by atomic mass is 16.4. The van der Waals surface area contributed by atoms with Crippen LogP contribution in [0, 0.1) is 11.8 Å². The smallest absolute Gasteiger partial charge is 0.320 e. The first-order valence-corrected chi connectivity index (χ1v) is 6.48. The van der Waals surface area contributed by atoms with E-state index in [0.29, 0.717) is 19.6 Å². The Morgan fingerprint density at radius 3 is 2.58 bits per heavy atom. The van der Waals surface area contributed by atoms with Crippen LogP contribution in [0.5, 0.6) is 0 Å². The molecule has 19 heavy (non-hydrogen) atoms. The lowest BCUT2D eigenvalue weighted by Crippen LogP contribution is -2.58. The van der Waals surface area contributed by atoms with E-state index in [2.05, 4.69) is 5.32 Å². The summed E-state index contributed by atoms with van der Waals surface area (Å²) in [6.45, 7) is 5.08. The fourth-order valence-electron chi connectivity index (χ4n) is 2.67. The molecule has 0 aromatic rings. The highest BCUT2D eigenvalue weighted by molar-refractivity contribution is 5.88. The summed E-state index contributed by atoms with van der Waals surface area (Å²) in [6, 6.07) is -0.738. The van der Waals surface area contributed by atoms with Crippen molar-refractivity contribution in [2.75, 3.05) is 26.2 Å². The second-order valence-electron chi connectivity index (χ2n) is 5.27. The SMILES string of the molecule is CC1CN(C(=O)N2CCNC(=O)C2C)CC1C(=O)O. The van der Waals surface area contributed by atoms with Gasteiger partial charge in [0, 0.05) is 26.2 Å². The standard InChI is InChI=1S/C12H19N3O4/c1-7-5-14(6-9(7)11(17)18)12(19)15-4-3-13-10(16)8(15)2/h7-9H,3-6H2,1-2H3,(H,13,16)(H,17,18). The van der Waals surface area contributed by atoms with Gasteiger partial charge in [0.05, 0.1) is 5.92 Å². The van der Waals surface area contributed by atoms with Gasteiger partial charge in [-0.15, -0.1) is 0 Å². The molecule has 2 rings (SSSR count). The molecule has 0 bridgehead atoms. The molecule has 0 saturated carbocycles. The zero-order valence-electron chi connectivity index (χ0n) is 11.1. The molecule has 3 atom stereocenters. The maximum Gasteiger partial charge on any atom is 0.320 e. The summed E-state index contributed by atoms with van der Waals surface area (Å²) in [4.78, 5) is 38.0. The average Bonchev–Trinajstić information content (AvgIpc) is 2.74. The van der Waals surface area contributed by atoms with Gasteiger partial charge in [0.15, 0.2) is 0 Å². The van der Waals surface area contributed by atoms with Gasteiger partial charge >= 0.3 is 12.0 Å². The van der Waals surface area contributed by atoms with Crippen molar-refractivity contribution >= 4 is 17.9 Å². The second-order valence-corrected chi connectivity index (χ2v) is 5.27. The lowest BCUT2D eigenvalue weighted by atomic mass is 9.99. The van der Waals surface area contributed by atoms with Crippen molar-refractivity contribution in [2.24, 2.45) is 11.8 Å².